The standard InChI is InChI=1S/C12H16N4O3S2/c1-8-9(2)14-15-12(8)13-10(17)7-16(3)21(18,19)11-5-4-6-20-11/h4-6H,7H2,1-3H3,(H2,13,14,15,17). The lowest BCUT2D eigenvalue weighted by Crippen LogP contribution is -2.34. The zero-order chi connectivity index (χ0) is 15.6. The minimum Gasteiger partial charge on any atom is -0.308 e. The highest BCUT2D eigenvalue weighted by Gasteiger charge is 2.24. The lowest BCUT2D eigenvalue weighted by Gasteiger charge is -2.15. The summed E-state index contributed by atoms with van der Waals surface area (Å²) < 4.78 is 25.6. The van der Waals surface area contributed by atoms with Gasteiger partial charge in [-0.1, -0.05) is 6.07 Å². The molecule has 0 unspecified atom stereocenters. The molecule has 2 rings (SSSR count). The number of aromatic nitrogens is 2. The Hall–Kier alpha value is -1.71. The number of thiophene rings is 1. The second kappa shape index (κ2) is 5.96. The van der Waals surface area contributed by atoms with Gasteiger partial charge in [0.25, 0.3) is 10.0 Å². The molecule has 0 atom stereocenters. The molecule has 2 aromatic rings. The molecule has 9 heteroatoms. The number of nitrogens with one attached hydrogen (secondary N) is 2. The van der Waals surface area contributed by atoms with Crippen LogP contribution in [-0.2, 0) is 14.8 Å². The van der Waals surface area contributed by atoms with Crippen LogP contribution in [0.2, 0.25) is 0 Å². The number of likely N-dealkylation sites (N-methyl/N-ethyl adjacent to an activating group) is 1. The molecule has 0 spiro atoms. The molecule has 0 saturated heterocycles. The number of anilines is 1. The molecular formula is C12H16N4O3S2. The predicted molar refractivity (Wildman–Crippen MR) is 80.8 cm³/mol. The largest absolute Gasteiger partial charge is 0.308 e. The third-order valence-electron chi connectivity index (χ3n) is 3.04. The number of H-pyrrole nitrogens is 1. The van der Waals surface area contributed by atoms with E-state index >= 15 is 0 Å². The fourth-order valence-corrected chi connectivity index (χ4v) is 3.96. The van der Waals surface area contributed by atoms with Crippen molar-refractivity contribution in [3.8, 4) is 0 Å². The Morgan fingerprint density at radius 3 is 2.71 bits per heavy atom. The number of nitrogens with zero attached hydrogens (tertiary/aromatic N) is 2. The zero-order valence-corrected chi connectivity index (χ0v) is 13.5. The van der Waals surface area contributed by atoms with Gasteiger partial charge < -0.3 is 5.32 Å². The van der Waals surface area contributed by atoms with Crippen LogP contribution in [0.4, 0.5) is 5.82 Å². The SMILES string of the molecule is Cc1[nH]nc(NC(=O)CN(C)S(=O)(=O)c2cccs2)c1C. The average Bonchev–Trinajstić information content (AvgIpc) is 3.05. The van der Waals surface area contributed by atoms with E-state index < -0.39 is 15.9 Å². The lowest BCUT2D eigenvalue weighted by molar-refractivity contribution is -0.116. The van der Waals surface area contributed by atoms with Gasteiger partial charge in [-0.3, -0.25) is 9.89 Å². The normalized spacial score (nSPS) is 11.8. The summed E-state index contributed by atoms with van der Waals surface area (Å²) in [6.45, 7) is 3.39. The molecule has 2 aromatic heterocycles. The maximum Gasteiger partial charge on any atom is 0.252 e. The molecule has 0 aliphatic carbocycles. The molecular weight excluding hydrogens is 312 g/mol. The lowest BCUT2D eigenvalue weighted by atomic mass is 10.3. The van der Waals surface area contributed by atoms with E-state index in [2.05, 4.69) is 15.5 Å². The van der Waals surface area contributed by atoms with Crippen molar-refractivity contribution in [2.45, 2.75) is 18.1 Å². The molecule has 2 N–H and O–H groups in total. The van der Waals surface area contributed by atoms with Gasteiger partial charge in [-0.05, 0) is 25.3 Å². The fraction of sp³-hybridized carbons (Fsp3) is 0.333. The quantitative estimate of drug-likeness (QED) is 0.866. The third kappa shape index (κ3) is 3.31. The molecule has 0 aromatic carbocycles. The van der Waals surface area contributed by atoms with Gasteiger partial charge >= 0.3 is 0 Å². The van der Waals surface area contributed by atoms with Crippen LogP contribution in [0.1, 0.15) is 11.3 Å². The van der Waals surface area contributed by atoms with Gasteiger partial charge in [0.15, 0.2) is 5.82 Å². The van der Waals surface area contributed by atoms with Gasteiger partial charge in [0.05, 0.1) is 6.54 Å². The summed E-state index contributed by atoms with van der Waals surface area (Å²) >= 11 is 1.12. The van der Waals surface area contributed by atoms with E-state index in [-0.39, 0.29) is 10.8 Å². The maximum atomic E-state index is 12.2. The highest BCUT2D eigenvalue weighted by Crippen LogP contribution is 2.20. The van der Waals surface area contributed by atoms with E-state index in [4.69, 9.17) is 0 Å². The van der Waals surface area contributed by atoms with Gasteiger partial charge in [0.2, 0.25) is 5.91 Å². The van der Waals surface area contributed by atoms with Crippen LogP contribution >= 0.6 is 11.3 Å². The molecule has 114 valence electrons. The number of rotatable bonds is 5. The van der Waals surface area contributed by atoms with Crippen LogP contribution in [0.15, 0.2) is 21.7 Å². The summed E-state index contributed by atoms with van der Waals surface area (Å²) in [5.74, 6) is -0.0216. The second-order valence-corrected chi connectivity index (χ2v) is 7.78. The Balaban J connectivity index is 2.04. The van der Waals surface area contributed by atoms with Gasteiger partial charge in [-0.2, -0.15) is 9.40 Å². The van der Waals surface area contributed by atoms with Crippen molar-refractivity contribution in [2.75, 3.05) is 18.9 Å². The first-order chi connectivity index (χ1) is 9.82. The molecule has 0 saturated carbocycles. The average molecular weight is 328 g/mol. The monoisotopic (exact) mass is 328 g/mol. The van der Waals surface area contributed by atoms with Crippen molar-refractivity contribution in [3.63, 3.8) is 0 Å². The van der Waals surface area contributed by atoms with E-state index in [1.807, 2.05) is 13.8 Å². The van der Waals surface area contributed by atoms with E-state index in [0.29, 0.717) is 5.82 Å². The Labute approximate surface area is 127 Å². The number of aromatic amines is 1. The van der Waals surface area contributed by atoms with Gasteiger partial charge in [-0.15, -0.1) is 11.3 Å². The van der Waals surface area contributed by atoms with Gasteiger partial charge in [0, 0.05) is 18.3 Å². The van der Waals surface area contributed by atoms with Crippen molar-refractivity contribution < 1.29 is 13.2 Å². The molecule has 0 bridgehead atoms. The minimum atomic E-state index is -3.63. The van der Waals surface area contributed by atoms with Crippen LogP contribution in [-0.4, -0.2) is 42.4 Å². The highest BCUT2D eigenvalue weighted by atomic mass is 32.2. The molecule has 0 aliphatic heterocycles. The Morgan fingerprint density at radius 2 is 2.19 bits per heavy atom. The molecule has 2 heterocycles. The van der Waals surface area contributed by atoms with Crippen LogP contribution in [0.25, 0.3) is 0 Å². The summed E-state index contributed by atoms with van der Waals surface area (Å²) in [6, 6.07) is 3.16. The zero-order valence-electron chi connectivity index (χ0n) is 11.9. The minimum absolute atomic E-state index is 0.213. The van der Waals surface area contributed by atoms with Crippen LogP contribution in [0.3, 0.4) is 0 Å². The Bertz CT molecular complexity index is 735. The molecule has 0 fully saturated rings. The molecule has 1 amide bonds. The van der Waals surface area contributed by atoms with Crippen LogP contribution in [0.5, 0.6) is 0 Å². The number of hydrogen-bond donors (Lipinski definition) is 2. The van der Waals surface area contributed by atoms with Crippen molar-refractivity contribution in [2.24, 2.45) is 0 Å². The fourth-order valence-electron chi connectivity index (χ4n) is 1.63. The van der Waals surface area contributed by atoms with E-state index in [0.717, 1.165) is 26.9 Å². The maximum absolute atomic E-state index is 12.2. The smallest absolute Gasteiger partial charge is 0.252 e. The van der Waals surface area contributed by atoms with Gasteiger partial charge in [-0.25, -0.2) is 8.42 Å². The Morgan fingerprint density at radius 1 is 1.48 bits per heavy atom. The predicted octanol–water partition coefficient (Wildman–Crippen LogP) is 1.35. The van der Waals surface area contributed by atoms with Gasteiger partial charge in [0.1, 0.15) is 4.21 Å². The van der Waals surface area contributed by atoms with E-state index in [1.165, 1.54) is 13.1 Å². The number of sulfonamides is 1. The molecule has 0 aliphatic rings. The van der Waals surface area contributed by atoms with Crippen molar-refractivity contribution in [1.29, 1.82) is 0 Å². The number of carbonyl (C=O) groups excluding carboxylic acids is 1. The Kier molecular flexibility index (Phi) is 4.45. The first kappa shape index (κ1) is 15.7. The number of hydrogen-bond acceptors (Lipinski definition) is 5. The summed E-state index contributed by atoms with van der Waals surface area (Å²) in [7, 11) is -2.25. The summed E-state index contributed by atoms with van der Waals surface area (Å²) in [4.78, 5) is 11.9. The van der Waals surface area contributed by atoms with E-state index in [1.54, 1.807) is 11.4 Å². The second-order valence-electron chi connectivity index (χ2n) is 4.56. The summed E-state index contributed by atoms with van der Waals surface area (Å²) in [5.41, 5.74) is 1.68. The van der Waals surface area contributed by atoms with Crippen molar-refractivity contribution in [1.82, 2.24) is 14.5 Å². The first-order valence-electron chi connectivity index (χ1n) is 6.13. The topological polar surface area (TPSA) is 95.2 Å². The number of carbonyl (C=O) groups is 1. The van der Waals surface area contributed by atoms with Crippen LogP contribution < -0.4 is 5.32 Å². The van der Waals surface area contributed by atoms with Crippen LogP contribution in [0, 0.1) is 13.8 Å². The highest BCUT2D eigenvalue weighted by molar-refractivity contribution is 7.91. The summed E-state index contributed by atoms with van der Waals surface area (Å²) in [5, 5.41) is 11.0. The first-order valence-corrected chi connectivity index (χ1v) is 8.45. The molecule has 0 radical (unpaired) electrons. The van der Waals surface area contributed by atoms with E-state index in [9.17, 15) is 13.2 Å². The molecule has 7 nitrogen and oxygen atoms in total. The van der Waals surface area contributed by atoms with Crippen molar-refractivity contribution >= 4 is 33.1 Å². The summed E-state index contributed by atoms with van der Waals surface area (Å²) in [6.07, 6.45) is 0. The molecule has 21 heavy (non-hydrogen) atoms. The number of amides is 1. The third-order valence-corrected chi connectivity index (χ3v) is 6.21. The number of aryl methyl sites for hydroxylation is 1. The van der Waals surface area contributed by atoms with Crippen molar-refractivity contribution in [3.05, 3.63) is 28.8 Å².